The fraction of sp³-hybridized carbons (Fsp3) is 0.250. The number of nitrogens with zero attached hydrogens (tertiary/aromatic N) is 1. The van der Waals surface area contributed by atoms with Gasteiger partial charge in [0.25, 0.3) is 0 Å². The lowest BCUT2D eigenvalue weighted by Crippen LogP contribution is -1.98. The van der Waals surface area contributed by atoms with Gasteiger partial charge in [0.2, 0.25) is 0 Å². The number of hydrogen-bond donors (Lipinski definition) is 2. The third-order valence-corrected chi connectivity index (χ3v) is 2.53. The summed E-state index contributed by atoms with van der Waals surface area (Å²) in [6.45, 7) is 4.56. The molecule has 0 aliphatic rings. The Kier molecular flexibility index (Phi) is 2.56. The fourth-order valence-corrected chi connectivity index (χ4v) is 1.72. The van der Waals surface area contributed by atoms with Crippen LogP contribution < -0.4 is 5.73 Å². The monoisotopic (exact) mass is 201 g/mol. The number of hydrogen-bond acceptors (Lipinski definition) is 2. The highest BCUT2D eigenvalue weighted by Crippen LogP contribution is 2.24. The Morgan fingerprint density at radius 2 is 2.00 bits per heavy atom. The number of aromatic nitrogens is 2. The van der Waals surface area contributed by atoms with Crippen LogP contribution in [0.2, 0.25) is 0 Å². The van der Waals surface area contributed by atoms with Gasteiger partial charge in [-0.25, -0.2) is 4.98 Å². The summed E-state index contributed by atoms with van der Waals surface area (Å²) in [6.07, 6.45) is 0. The van der Waals surface area contributed by atoms with Crippen LogP contribution in [-0.4, -0.2) is 9.97 Å². The molecule has 15 heavy (non-hydrogen) atoms. The van der Waals surface area contributed by atoms with E-state index >= 15 is 0 Å². The van der Waals surface area contributed by atoms with Crippen LogP contribution in [0.4, 0.5) is 0 Å². The summed E-state index contributed by atoms with van der Waals surface area (Å²) in [5.74, 6) is 0.839. The smallest absolute Gasteiger partial charge is 0.120 e. The Labute approximate surface area is 89.4 Å². The Morgan fingerprint density at radius 1 is 1.27 bits per heavy atom. The number of benzene rings is 1. The number of H-pyrrole nitrogens is 1. The Balaban J connectivity index is 2.54. The minimum atomic E-state index is 0.451. The van der Waals surface area contributed by atoms with Gasteiger partial charge in [0, 0.05) is 11.3 Å². The molecule has 0 atom stereocenters. The quantitative estimate of drug-likeness (QED) is 0.782. The van der Waals surface area contributed by atoms with Crippen LogP contribution in [0, 0.1) is 13.8 Å². The second-order valence-corrected chi connectivity index (χ2v) is 3.68. The average molecular weight is 201 g/mol. The number of imidazole rings is 1. The van der Waals surface area contributed by atoms with Gasteiger partial charge in [-0.1, -0.05) is 24.3 Å². The van der Waals surface area contributed by atoms with Crippen LogP contribution in [0.25, 0.3) is 11.3 Å². The average Bonchev–Trinajstić information content (AvgIpc) is 2.60. The first-order valence-electron chi connectivity index (χ1n) is 5.04. The van der Waals surface area contributed by atoms with E-state index in [2.05, 4.69) is 29.0 Å². The van der Waals surface area contributed by atoms with Gasteiger partial charge >= 0.3 is 0 Å². The highest BCUT2D eigenvalue weighted by molar-refractivity contribution is 5.65. The van der Waals surface area contributed by atoms with Crippen molar-refractivity contribution >= 4 is 0 Å². The fourth-order valence-electron chi connectivity index (χ4n) is 1.72. The van der Waals surface area contributed by atoms with E-state index in [4.69, 9.17) is 5.73 Å². The molecule has 0 unspecified atom stereocenters. The van der Waals surface area contributed by atoms with E-state index in [1.807, 2.05) is 19.1 Å². The van der Waals surface area contributed by atoms with Crippen LogP contribution in [0.15, 0.2) is 24.3 Å². The van der Waals surface area contributed by atoms with Crippen molar-refractivity contribution in [3.05, 3.63) is 41.3 Å². The minimum Gasteiger partial charge on any atom is -0.344 e. The topological polar surface area (TPSA) is 54.7 Å². The number of aryl methyl sites for hydroxylation is 2. The van der Waals surface area contributed by atoms with Crippen molar-refractivity contribution in [2.75, 3.05) is 0 Å². The Bertz CT molecular complexity index is 471. The van der Waals surface area contributed by atoms with E-state index in [1.165, 1.54) is 11.1 Å². The number of rotatable bonds is 2. The second kappa shape index (κ2) is 3.87. The van der Waals surface area contributed by atoms with Crippen molar-refractivity contribution in [3.63, 3.8) is 0 Å². The molecule has 1 aromatic carbocycles. The predicted octanol–water partition coefficient (Wildman–Crippen LogP) is 2.15. The molecule has 1 heterocycles. The summed E-state index contributed by atoms with van der Waals surface area (Å²) in [4.78, 5) is 7.66. The van der Waals surface area contributed by atoms with E-state index in [0.717, 1.165) is 17.2 Å². The largest absolute Gasteiger partial charge is 0.344 e. The molecule has 0 aliphatic carbocycles. The van der Waals surface area contributed by atoms with Gasteiger partial charge < -0.3 is 10.7 Å². The summed E-state index contributed by atoms with van der Waals surface area (Å²) in [6, 6.07) is 8.23. The molecule has 0 fully saturated rings. The van der Waals surface area contributed by atoms with Crippen LogP contribution in [0.5, 0.6) is 0 Å². The molecule has 1 aromatic heterocycles. The van der Waals surface area contributed by atoms with E-state index in [0.29, 0.717) is 6.54 Å². The molecule has 0 aliphatic heterocycles. The first-order chi connectivity index (χ1) is 7.22. The molecule has 0 bridgehead atoms. The number of aromatic amines is 1. The third-order valence-electron chi connectivity index (χ3n) is 2.53. The van der Waals surface area contributed by atoms with Gasteiger partial charge in [0.05, 0.1) is 12.2 Å². The lowest BCUT2D eigenvalue weighted by molar-refractivity contribution is 0.944. The summed E-state index contributed by atoms with van der Waals surface area (Å²) in [5.41, 5.74) is 10.0. The van der Waals surface area contributed by atoms with Gasteiger partial charge in [0.15, 0.2) is 0 Å². The van der Waals surface area contributed by atoms with Crippen LogP contribution in [0.3, 0.4) is 0 Å². The van der Waals surface area contributed by atoms with Crippen molar-refractivity contribution in [1.82, 2.24) is 9.97 Å². The van der Waals surface area contributed by atoms with Gasteiger partial charge in [-0.3, -0.25) is 0 Å². The van der Waals surface area contributed by atoms with Crippen LogP contribution in [0.1, 0.15) is 17.1 Å². The van der Waals surface area contributed by atoms with Crippen molar-refractivity contribution in [3.8, 4) is 11.3 Å². The molecule has 2 aromatic rings. The maximum Gasteiger partial charge on any atom is 0.120 e. The first kappa shape index (κ1) is 9.93. The Morgan fingerprint density at radius 3 is 2.60 bits per heavy atom. The standard InChI is InChI=1S/C12H15N3/c1-8-5-3-4-6-10(8)12-9(2)14-11(7-13)15-12/h3-6H,7,13H2,1-2H3,(H,14,15). The lowest BCUT2D eigenvalue weighted by atomic mass is 10.1. The second-order valence-electron chi connectivity index (χ2n) is 3.68. The lowest BCUT2D eigenvalue weighted by Gasteiger charge is -2.02. The Hall–Kier alpha value is -1.61. The van der Waals surface area contributed by atoms with Crippen molar-refractivity contribution in [2.24, 2.45) is 5.73 Å². The molecule has 78 valence electrons. The van der Waals surface area contributed by atoms with Crippen LogP contribution >= 0.6 is 0 Å². The van der Waals surface area contributed by atoms with Gasteiger partial charge in [-0.05, 0) is 19.4 Å². The highest BCUT2D eigenvalue weighted by Gasteiger charge is 2.09. The summed E-state index contributed by atoms with van der Waals surface area (Å²) in [5, 5.41) is 0. The number of nitrogens with one attached hydrogen (secondary N) is 1. The summed E-state index contributed by atoms with van der Waals surface area (Å²) in [7, 11) is 0. The molecule has 3 nitrogen and oxygen atoms in total. The molecule has 3 heteroatoms. The van der Waals surface area contributed by atoms with Gasteiger partial charge in [0.1, 0.15) is 5.82 Å². The van der Waals surface area contributed by atoms with Gasteiger partial charge in [-0.2, -0.15) is 0 Å². The molecule has 0 spiro atoms. The third kappa shape index (κ3) is 1.78. The maximum absolute atomic E-state index is 5.55. The summed E-state index contributed by atoms with van der Waals surface area (Å²) < 4.78 is 0. The van der Waals surface area contributed by atoms with E-state index in [1.54, 1.807) is 0 Å². The zero-order valence-electron chi connectivity index (χ0n) is 9.04. The highest BCUT2D eigenvalue weighted by atomic mass is 15.0. The van der Waals surface area contributed by atoms with Crippen molar-refractivity contribution in [2.45, 2.75) is 20.4 Å². The first-order valence-corrected chi connectivity index (χ1v) is 5.04. The van der Waals surface area contributed by atoms with Gasteiger partial charge in [-0.15, -0.1) is 0 Å². The molecular weight excluding hydrogens is 186 g/mol. The molecular formula is C12H15N3. The van der Waals surface area contributed by atoms with Crippen molar-refractivity contribution < 1.29 is 0 Å². The minimum absolute atomic E-state index is 0.451. The summed E-state index contributed by atoms with van der Waals surface area (Å²) >= 11 is 0. The molecule has 2 rings (SSSR count). The van der Waals surface area contributed by atoms with Crippen LogP contribution in [-0.2, 0) is 6.54 Å². The zero-order valence-corrected chi connectivity index (χ0v) is 9.04. The zero-order chi connectivity index (χ0) is 10.8. The molecule has 0 amide bonds. The molecule has 0 saturated heterocycles. The SMILES string of the molecule is Cc1ccccc1-c1nc(CN)[nH]c1C. The number of nitrogens with two attached hydrogens (primary N) is 1. The van der Waals surface area contributed by atoms with E-state index in [9.17, 15) is 0 Å². The predicted molar refractivity (Wildman–Crippen MR) is 61.4 cm³/mol. The molecule has 0 radical (unpaired) electrons. The maximum atomic E-state index is 5.55. The molecule has 3 N–H and O–H groups in total. The van der Waals surface area contributed by atoms with E-state index < -0.39 is 0 Å². The normalized spacial score (nSPS) is 10.6. The molecule has 0 saturated carbocycles. The van der Waals surface area contributed by atoms with E-state index in [-0.39, 0.29) is 0 Å². The van der Waals surface area contributed by atoms with Crippen molar-refractivity contribution in [1.29, 1.82) is 0 Å².